The van der Waals surface area contributed by atoms with E-state index in [-0.39, 0.29) is 18.7 Å². The lowest BCUT2D eigenvalue weighted by molar-refractivity contribution is 0.0775. The molecular formula is C17H24N2O4. The Balaban J connectivity index is 1.81. The molecular weight excluding hydrogens is 296 g/mol. The largest absolute Gasteiger partial charge is 0.450 e. The van der Waals surface area contributed by atoms with Gasteiger partial charge in [0.1, 0.15) is 6.61 Å². The fraction of sp³-hybridized carbons (Fsp3) is 0.529. The van der Waals surface area contributed by atoms with Gasteiger partial charge in [-0.25, -0.2) is 9.59 Å². The van der Waals surface area contributed by atoms with E-state index in [1.807, 2.05) is 30.3 Å². The molecule has 0 aromatic heterocycles. The van der Waals surface area contributed by atoms with Gasteiger partial charge < -0.3 is 19.7 Å². The van der Waals surface area contributed by atoms with Crippen LogP contribution in [0.1, 0.15) is 25.8 Å². The molecule has 0 aliphatic carbocycles. The average molecular weight is 320 g/mol. The van der Waals surface area contributed by atoms with Crippen molar-refractivity contribution in [2.75, 3.05) is 19.7 Å². The number of piperidine rings is 1. The second kappa shape index (κ2) is 8.41. The van der Waals surface area contributed by atoms with Gasteiger partial charge in [0.15, 0.2) is 0 Å². The summed E-state index contributed by atoms with van der Waals surface area (Å²) in [5, 5.41) is 2.84. The quantitative estimate of drug-likeness (QED) is 0.926. The number of likely N-dealkylation sites (tertiary alicyclic amines) is 1. The second-order valence-electron chi connectivity index (χ2n) is 5.85. The van der Waals surface area contributed by atoms with Gasteiger partial charge in [0.05, 0.1) is 12.6 Å². The van der Waals surface area contributed by atoms with E-state index in [0.29, 0.717) is 25.6 Å². The van der Waals surface area contributed by atoms with Gasteiger partial charge in [-0.3, -0.25) is 0 Å². The minimum atomic E-state index is -0.461. The Morgan fingerprint density at radius 1 is 1.22 bits per heavy atom. The highest BCUT2D eigenvalue weighted by Crippen LogP contribution is 2.17. The van der Waals surface area contributed by atoms with Crippen LogP contribution in [0.4, 0.5) is 9.59 Å². The summed E-state index contributed by atoms with van der Waals surface area (Å²) in [4.78, 5) is 25.4. The number of nitrogens with zero attached hydrogens (tertiary/aromatic N) is 1. The SMILES string of the molecule is CCOC(=O)N1CC(C)CC(NC(=O)OCc2ccccc2)C1. The Morgan fingerprint density at radius 3 is 2.65 bits per heavy atom. The summed E-state index contributed by atoms with van der Waals surface area (Å²) in [6.45, 7) is 5.51. The maximum Gasteiger partial charge on any atom is 0.409 e. The Hall–Kier alpha value is -2.24. The van der Waals surface area contributed by atoms with E-state index in [0.717, 1.165) is 12.0 Å². The molecule has 1 aliphatic rings. The standard InChI is InChI=1S/C17H24N2O4/c1-3-22-17(21)19-10-13(2)9-15(11-19)18-16(20)23-12-14-7-5-4-6-8-14/h4-8,13,15H,3,9-12H2,1-2H3,(H,18,20). The Bertz CT molecular complexity index is 521. The highest BCUT2D eigenvalue weighted by Gasteiger charge is 2.29. The molecule has 1 saturated heterocycles. The number of amides is 2. The van der Waals surface area contributed by atoms with Crippen LogP contribution in [-0.2, 0) is 16.1 Å². The zero-order valence-electron chi connectivity index (χ0n) is 13.7. The molecule has 6 heteroatoms. The molecule has 2 rings (SSSR count). The first kappa shape index (κ1) is 17.1. The predicted octanol–water partition coefficient (Wildman–Crippen LogP) is 2.78. The lowest BCUT2D eigenvalue weighted by Crippen LogP contribution is -2.52. The molecule has 1 aliphatic heterocycles. The number of benzene rings is 1. The van der Waals surface area contributed by atoms with E-state index < -0.39 is 6.09 Å². The summed E-state index contributed by atoms with van der Waals surface area (Å²) in [6.07, 6.45) is 0.0244. The van der Waals surface area contributed by atoms with E-state index in [1.165, 1.54) is 0 Å². The molecule has 1 N–H and O–H groups in total. The number of alkyl carbamates (subject to hydrolysis) is 1. The van der Waals surface area contributed by atoms with Gasteiger partial charge in [-0.1, -0.05) is 37.3 Å². The van der Waals surface area contributed by atoms with Gasteiger partial charge in [0, 0.05) is 13.1 Å². The minimum Gasteiger partial charge on any atom is -0.450 e. The first-order chi connectivity index (χ1) is 11.1. The highest BCUT2D eigenvalue weighted by molar-refractivity contribution is 5.69. The van der Waals surface area contributed by atoms with Crippen molar-refractivity contribution in [1.82, 2.24) is 10.2 Å². The van der Waals surface area contributed by atoms with Crippen molar-refractivity contribution in [3.05, 3.63) is 35.9 Å². The van der Waals surface area contributed by atoms with Crippen molar-refractivity contribution >= 4 is 12.2 Å². The molecule has 6 nitrogen and oxygen atoms in total. The van der Waals surface area contributed by atoms with Crippen molar-refractivity contribution in [2.45, 2.75) is 32.9 Å². The molecule has 23 heavy (non-hydrogen) atoms. The third-order valence-corrected chi connectivity index (χ3v) is 3.72. The van der Waals surface area contributed by atoms with Crippen LogP contribution in [0, 0.1) is 5.92 Å². The Labute approximate surface area is 136 Å². The van der Waals surface area contributed by atoms with Gasteiger partial charge in [-0.2, -0.15) is 0 Å². The molecule has 0 saturated carbocycles. The molecule has 1 fully saturated rings. The van der Waals surface area contributed by atoms with Gasteiger partial charge in [-0.05, 0) is 24.8 Å². The first-order valence-corrected chi connectivity index (χ1v) is 7.97. The van der Waals surface area contributed by atoms with E-state index in [1.54, 1.807) is 11.8 Å². The second-order valence-corrected chi connectivity index (χ2v) is 5.85. The number of hydrogen-bond acceptors (Lipinski definition) is 4. The van der Waals surface area contributed by atoms with Crippen LogP contribution < -0.4 is 5.32 Å². The van der Waals surface area contributed by atoms with Gasteiger partial charge in [-0.15, -0.1) is 0 Å². The van der Waals surface area contributed by atoms with Gasteiger partial charge >= 0.3 is 12.2 Å². The van der Waals surface area contributed by atoms with Crippen LogP contribution in [0.25, 0.3) is 0 Å². The summed E-state index contributed by atoms with van der Waals surface area (Å²) >= 11 is 0. The normalized spacial score (nSPS) is 20.7. The lowest BCUT2D eigenvalue weighted by Gasteiger charge is -2.35. The lowest BCUT2D eigenvalue weighted by atomic mass is 9.96. The molecule has 2 unspecified atom stereocenters. The van der Waals surface area contributed by atoms with Crippen LogP contribution in [0.3, 0.4) is 0 Å². The smallest absolute Gasteiger partial charge is 0.409 e. The molecule has 0 radical (unpaired) electrons. The van der Waals surface area contributed by atoms with Crippen molar-refractivity contribution in [3.8, 4) is 0 Å². The van der Waals surface area contributed by atoms with Crippen molar-refractivity contribution in [3.63, 3.8) is 0 Å². The Morgan fingerprint density at radius 2 is 1.96 bits per heavy atom. The summed E-state index contributed by atoms with van der Waals surface area (Å²) in [5.41, 5.74) is 0.938. The fourth-order valence-corrected chi connectivity index (χ4v) is 2.75. The van der Waals surface area contributed by atoms with Crippen LogP contribution in [0.15, 0.2) is 30.3 Å². The molecule has 1 aromatic rings. The van der Waals surface area contributed by atoms with Crippen molar-refractivity contribution in [1.29, 1.82) is 0 Å². The zero-order chi connectivity index (χ0) is 16.7. The number of rotatable bonds is 4. The van der Waals surface area contributed by atoms with E-state index in [9.17, 15) is 9.59 Å². The molecule has 2 atom stereocenters. The van der Waals surface area contributed by atoms with Crippen LogP contribution in [0.2, 0.25) is 0 Å². The maximum atomic E-state index is 11.9. The number of ether oxygens (including phenoxy) is 2. The first-order valence-electron chi connectivity index (χ1n) is 7.97. The molecule has 0 bridgehead atoms. The van der Waals surface area contributed by atoms with Crippen LogP contribution in [-0.4, -0.2) is 42.8 Å². The third-order valence-electron chi connectivity index (χ3n) is 3.72. The van der Waals surface area contributed by atoms with Gasteiger partial charge in [0.2, 0.25) is 0 Å². The maximum absolute atomic E-state index is 11.9. The highest BCUT2D eigenvalue weighted by atomic mass is 16.6. The van der Waals surface area contributed by atoms with Crippen LogP contribution >= 0.6 is 0 Å². The minimum absolute atomic E-state index is 0.119. The fourth-order valence-electron chi connectivity index (χ4n) is 2.75. The topological polar surface area (TPSA) is 67.9 Å². The van der Waals surface area contributed by atoms with Gasteiger partial charge in [0.25, 0.3) is 0 Å². The van der Waals surface area contributed by atoms with Crippen molar-refractivity contribution in [2.24, 2.45) is 5.92 Å². The van der Waals surface area contributed by atoms with E-state index in [2.05, 4.69) is 12.2 Å². The molecule has 2 amide bonds. The number of hydrogen-bond donors (Lipinski definition) is 1. The molecule has 1 aromatic carbocycles. The average Bonchev–Trinajstić information content (AvgIpc) is 2.53. The summed E-state index contributed by atoms with van der Waals surface area (Å²) in [7, 11) is 0. The third kappa shape index (κ3) is 5.47. The van der Waals surface area contributed by atoms with E-state index in [4.69, 9.17) is 9.47 Å². The predicted molar refractivity (Wildman–Crippen MR) is 85.9 cm³/mol. The molecule has 1 heterocycles. The summed E-state index contributed by atoms with van der Waals surface area (Å²) < 4.78 is 10.3. The number of carbonyl (C=O) groups excluding carboxylic acids is 2. The monoisotopic (exact) mass is 320 g/mol. The number of nitrogens with one attached hydrogen (secondary N) is 1. The molecule has 0 spiro atoms. The van der Waals surface area contributed by atoms with Crippen molar-refractivity contribution < 1.29 is 19.1 Å². The Kier molecular flexibility index (Phi) is 6.26. The zero-order valence-corrected chi connectivity index (χ0v) is 13.7. The van der Waals surface area contributed by atoms with E-state index >= 15 is 0 Å². The summed E-state index contributed by atoms with van der Waals surface area (Å²) in [6, 6.07) is 9.40. The summed E-state index contributed by atoms with van der Waals surface area (Å²) in [5.74, 6) is 0.299. The molecule has 126 valence electrons. The number of carbonyl (C=O) groups is 2. The van der Waals surface area contributed by atoms with Crippen LogP contribution in [0.5, 0.6) is 0 Å².